The lowest BCUT2D eigenvalue weighted by Gasteiger charge is -2.36. The van der Waals surface area contributed by atoms with Gasteiger partial charge in [0.2, 0.25) is 0 Å². The van der Waals surface area contributed by atoms with Gasteiger partial charge in [-0.3, -0.25) is 9.58 Å². The van der Waals surface area contributed by atoms with Crippen LogP contribution in [0.2, 0.25) is 0 Å². The van der Waals surface area contributed by atoms with Crippen LogP contribution in [0.5, 0.6) is 0 Å². The van der Waals surface area contributed by atoms with Crippen molar-refractivity contribution in [3.8, 4) is 0 Å². The number of rotatable bonds is 5. The molecule has 7 heteroatoms. The van der Waals surface area contributed by atoms with Gasteiger partial charge < -0.3 is 15.0 Å². The lowest BCUT2D eigenvalue weighted by atomic mass is 10.1. The van der Waals surface area contributed by atoms with Gasteiger partial charge in [0, 0.05) is 51.5 Å². The number of aryl methyl sites for hydroxylation is 1. The summed E-state index contributed by atoms with van der Waals surface area (Å²) >= 11 is 0. The Morgan fingerprint density at radius 3 is 2.86 bits per heavy atom. The van der Waals surface area contributed by atoms with Gasteiger partial charge in [0.15, 0.2) is 5.96 Å². The van der Waals surface area contributed by atoms with E-state index in [1.807, 2.05) is 24.1 Å². The van der Waals surface area contributed by atoms with Crippen LogP contribution in [0, 0.1) is 0 Å². The first-order valence-electron chi connectivity index (χ1n) is 10.1. The molecule has 1 aromatic heterocycles. The fourth-order valence-electron chi connectivity index (χ4n) is 4.09. The largest absolute Gasteiger partial charge is 0.373 e. The Bertz CT molecular complexity index is 789. The summed E-state index contributed by atoms with van der Waals surface area (Å²) in [6.07, 6.45) is 4.13. The second kappa shape index (κ2) is 8.75. The number of guanidine groups is 1. The maximum absolute atomic E-state index is 6.12. The summed E-state index contributed by atoms with van der Waals surface area (Å²) in [6.45, 7) is 8.18. The van der Waals surface area contributed by atoms with Gasteiger partial charge in [-0.1, -0.05) is 30.3 Å². The van der Waals surface area contributed by atoms with Crippen LogP contribution < -0.4 is 5.32 Å². The molecule has 0 aliphatic carbocycles. The number of nitrogens with zero attached hydrogens (tertiary/aromatic N) is 5. The summed E-state index contributed by atoms with van der Waals surface area (Å²) in [6, 6.07) is 11.1. The third-order valence-corrected chi connectivity index (χ3v) is 5.45. The molecule has 2 atom stereocenters. The van der Waals surface area contributed by atoms with E-state index in [-0.39, 0.29) is 6.10 Å². The molecule has 2 fully saturated rings. The predicted octanol–water partition coefficient (Wildman–Crippen LogP) is 1.47. The minimum Gasteiger partial charge on any atom is -0.373 e. The highest BCUT2D eigenvalue weighted by molar-refractivity contribution is 5.80. The summed E-state index contributed by atoms with van der Waals surface area (Å²) in [4.78, 5) is 9.76. The second-order valence-electron chi connectivity index (χ2n) is 7.53. The highest BCUT2D eigenvalue weighted by atomic mass is 16.5. The van der Waals surface area contributed by atoms with E-state index in [0.29, 0.717) is 12.6 Å². The number of aliphatic imine (C=N–C) groups is 1. The van der Waals surface area contributed by atoms with Crippen LogP contribution in [0.1, 0.15) is 18.1 Å². The highest BCUT2D eigenvalue weighted by Crippen LogP contribution is 2.24. The molecule has 0 saturated carbocycles. The smallest absolute Gasteiger partial charge is 0.194 e. The molecule has 7 nitrogen and oxygen atoms in total. The standard InChI is InChI=1S/C21H30N6O/c1-3-22-21(23-11-18-12-24-25(2)13-18)27-15-19-20(16-27)28-10-9-26(19)14-17-7-5-4-6-8-17/h4-8,12-13,19-20H,3,9-11,14-16H2,1-2H3,(H,22,23). The van der Waals surface area contributed by atoms with E-state index in [9.17, 15) is 0 Å². The normalized spacial score (nSPS) is 23.1. The molecule has 0 radical (unpaired) electrons. The molecule has 2 aliphatic rings. The zero-order valence-corrected chi connectivity index (χ0v) is 16.8. The molecule has 28 heavy (non-hydrogen) atoms. The zero-order chi connectivity index (χ0) is 19.3. The van der Waals surface area contributed by atoms with E-state index in [0.717, 1.165) is 50.9 Å². The molecular weight excluding hydrogens is 352 g/mol. The third-order valence-electron chi connectivity index (χ3n) is 5.45. The average Bonchev–Trinajstić information content (AvgIpc) is 3.32. The SMILES string of the molecule is CCNC(=NCc1cnn(C)c1)N1CC2OCCN(Cc3ccccc3)C2C1. The Hall–Kier alpha value is -2.38. The molecular formula is C21H30N6O. The van der Waals surface area contributed by atoms with Gasteiger partial charge in [0.05, 0.1) is 31.5 Å². The van der Waals surface area contributed by atoms with Crippen molar-refractivity contribution < 1.29 is 4.74 Å². The maximum Gasteiger partial charge on any atom is 0.194 e. The molecule has 4 rings (SSSR count). The fourth-order valence-corrected chi connectivity index (χ4v) is 4.09. The Kier molecular flexibility index (Phi) is 5.92. The van der Waals surface area contributed by atoms with E-state index < -0.39 is 0 Å². The maximum atomic E-state index is 6.12. The van der Waals surface area contributed by atoms with Gasteiger partial charge >= 0.3 is 0 Å². The van der Waals surface area contributed by atoms with Gasteiger partial charge in [-0.2, -0.15) is 5.10 Å². The van der Waals surface area contributed by atoms with Gasteiger partial charge in [-0.25, -0.2) is 4.99 Å². The number of aromatic nitrogens is 2. The number of likely N-dealkylation sites (tertiary alicyclic amines) is 1. The van der Waals surface area contributed by atoms with Crippen LogP contribution in [0.15, 0.2) is 47.7 Å². The number of ether oxygens (including phenoxy) is 1. The van der Waals surface area contributed by atoms with Crippen LogP contribution in [0.3, 0.4) is 0 Å². The Morgan fingerprint density at radius 2 is 2.11 bits per heavy atom. The van der Waals surface area contributed by atoms with Crippen LogP contribution in [0.4, 0.5) is 0 Å². The average molecular weight is 383 g/mol. The van der Waals surface area contributed by atoms with Crippen LogP contribution >= 0.6 is 0 Å². The summed E-state index contributed by atoms with van der Waals surface area (Å²) in [5.41, 5.74) is 2.48. The van der Waals surface area contributed by atoms with Crippen molar-refractivity contribution in [2.75, 3.05) is 32.8 Å². The minimum absolute atomic E-state index is 0.236. The lowest BCUT2D eigenvalue weighted by molar-refractivity contribution is -0.0502. The molecule has 2 unspecified atom stereocenters. The Balaban J connectivity index is 1.44. The van der Waals surface area contributed by atoms with Gasteiger partial charge in [-0.15, -0.1) is 0 Å². The van der Waals surface area contributed by atoms with Gasteiger partial charge in [0.1, 0.15) is 0 Å². The van der Waals surface area contributed by atoms with Crippen LogP contribution in [0.25, 0.3) is 0 Å². The first-order chi connectivity index (χ1) is 13.7. The molecule has 2 aromatic rings. The third kappa shape index (κ3) is 4.36. The zero-order valence-electron chi connectivity index (χ0n) is 16.8. The van der Waals surface area contributed by atoms with Crippen molar-refractivity contribution in [2.24, 2.45) is 12.0 Å². The molecule has 2 saturated heterocycles. The van der Waals surface area contributed by atoms with E-state index >= 15 is 0 Å². The summed E-state index contributed by atoms with van der Waals surface area (Å²) in [5.74, 6) is 0.962. The molecule has 0 spiro atoms. The van der Waals surface area contributed by atoms with Crippen molar-refractivity contribution in [3.63, 3.8) is 0 Å². The molecule has 0 bridgehead atoms. The summed E-state index contributed by atoms with van der Waals surface area (Å²) in [5, 5.41) is 7.68. The molecule has 150 valence electrons. The van der Waals surface area contributed by atoms with Crippen LogP contribution in [-0.4, -0.2) is 70.5 Å². The van der Waals surface area contributed by atoms with E-state index in [1.165, 1.54) is 5.56 Å². The Morgan fingerprint density at radius 1 is 1.25 bits per heavy atom. The molecule has 1 N–H and O–H groups in total. The summed E-state index contributed by atoms with van der Waals surface area (Å²) in [7, 11) is 1.93. The fraction of sp³-hybridized carbons (Fsp3) is 0.524. The molecule has 2 aliphatic heterocycles. The number of nitrogens with one attached hydrogen (secondary N) is 1. The van der Waals surface area contributed by atoms with Crippen LogP contribution in [-0.2, 0) is 24.9 Å². The number of hydrogen-bond donors (Lipinski definition) is 1. The van der Waals surface area contributed by atoms with Crippen molar-refractivity contribution >= 4 is 5.96 Å². The van der Waals surface area contributed by atoms with Gasteiger partial charge in [0.25, 0.3) is 0 Å². The Labute approximate surface area is 167 Å². The second-order valence-corrected chi connectivity index (χ2v) is 7.53. The van der Waals surface area contributed by atoms with E-state index in [2.05, 4.69) is 57.5 Å². The number of fused-ring (bicyclic) bond motifs is 1. The topological polar surface area (TPSA) is 57.9 Å². The predicted molar refractivity (Wildman–Crippen MR) is 110 cm³/mol. The number of benzene rings is 1. The molecule has 0 amide bonds. The van der Waals surface area contributed by atoms with E-state index in [4.69, 9.17) is 9.73 Å². The molecule has 3 heterocycles. The molecule has 1 aromatic carbocycles. The monoisotopic (exact) mass is 382 g/mol. The first kappa shape index (κ1) is 19.0. The van der Waals surface area contributed by atoms with E-state index in [1.54, 1.807) is 0 Å². The van der Waals surface area contributed by atoms with Crippen molar-refractivity contribution in [1.29, 1.82) is 0 Å². The minimum atomic E-state index is 0.236. The quantitative estimate of drug-likeness (QED) is 0.627. The number of morpholine rings is 1. The van der Waals surface area contributed by atoms with Crippen molar-refractivity contribution in [1.82, 2.24) is 24.9 Å². The van der Waals surface area contributed by atoms with Crippen molar-refractivity contribution in [3.05, 3.63) is 53.9 Å². The van der Waals surface area contributed by atoms with Crippen molar-refractivity contribution in [2.45, 2.75) is 32.2 Å². The lowest BCUT2D eigenvalue weighted by Crippen LogP contribution is -2.50. The first-order valence-corrected chi connectivity index (χ1v) is 10.1. The van der Waals surface area contributed by atoms with Gasteiger partial charge in [-0.05, 0) is 12.5 Å². The number of hydrogen-bond acceptors (Lipinski definition) is 4. The summed E-state index contributed by atoms with van der Waals surface area (Å²) < 4.78 is 7.93. The highest BCUT2D eigenvalue weighted by Gasteiger charge is 2.41.